The number of para-hydroxylation sites is 1. The van der Waals surface area contributed by atoms with E-state index >= 15 is 0 Å². The van der Waals surface area contributed by atoms with Gasteiger partial charge in [-0.15, -0.1) is 11.3 Å². The Kier molecular flexibility index (Phi) is 6.20. The summed E-state index contributed by atoms with van der Waals surface area (Å²) < 4.78 is 7.46. The lowest BCUT2D eigenvalue weighted by Crippen LogP contribution is -2.13. The molecule has 0 aliphatic rings. The lowest BCUT2D eigenvalue weighted by molar-refractivity contribution is 0.416. The second kappa shape index (κ2) is 9.37. The second-order valence-corrected chi connectivity index (χ2v) is 7.54. The van der Waals surface area contributed by atoms with E-state index in [0.29, 0.717) is 0 Å². The number of hydrogen-bond acceptors (Lipinski definition) is 4. The quantitative estimate of drug-likeness (QED) is 0.389. The minimum Gasteiger partial charge on any atom is -0.496 e. The van der Waals surface area contributed by atoms with E-state index in [1.54, 1.807) is 25.5 Å². The smallest absolute Gasteiger partial charge is 0.205 e. The Morgan fingerprint density at radius 1 is 0.867 bits per heavy atom. The van der Waals surface area contributed by atoms with Crippen molar-refractivity contribution in [3.05, 3.63) is 106 Å². The molecule has 4 aromatic rings. The summed E-state index contributed by atoms with van der Waals surface area (Å²) in [4.78, 5) is 5.25. The summed E-state index contributed by atoms with van der Waals surface area (Å²) in [6.07, 6.45) is 1.99. The van der Waals surface area contributed by atoms with Crippen molar-refractivity contribution < 1.29 is 4.74 Å². The Morgan fingerprint density at radius 2 is 1.47 bits per heavy atom. The highest BCUT2D eigenvalue weighted by Gasteiger charge is 2.14. The third kappa shape index (κ3) is 4.11. The summed E-state index contributed by atoms with van der Waals surface area (Å²) in [7, 11) is 3.47. The molecule has 0 N–H and O–H groups in total. The van der Waals surface area contributed by atoms with E-state index in [9.17, 15) is 0 Å². The zero-order valence-electron chi connectivity index (χ0n) is 17.0. The van der Waals surface area contributed by atoms with Crippen LogP contribution in [0.25, 0.3) is 11.3 Å². The van der Waals surface area contributed by atoms with Crippen LogP contribution in [0.5, 0.6) is 5.75 Å². The SMILES string of the molecule is CN=c1scc(-c2ccccc2OC)n1N=CC(c1ccccc1)c1ccccc1. The lowest BCUT2D eigenvalue weighted by atomic mass is 9.92. The first-order valence-electron chi connectivity index (χ1n) is 9.73. The highest BCUT2D eigenvalue weighted by atomic mass is 32.1. The standard InChI is InChI=1S/C25H23N3OS/c1-26-25-28(23(18-30-25)21-15-9-10-16-24(21)29-2)27-17-22(19-11-5-3-6-12-19)20-13-7-4-8-14-20/h3-18,22H,1-2H3. The van der Waals surface area contributed by atoms with Crippen molar-refractivity contribution in [3.63, 3.8) is 0 Å². The second-order valence-electron chi connectivity index (χ2n) is 6.70. The van der Waals surface area contributed by atoms with E-state index in [-0.39, 0.29) is 5.92 Å². The van der Waals surface area contributed by atoms with Gasteiger partial charge in [0.2, 0.25) is 4.80 Å². The summed E-state index contributed by atoms with van der Waals surface area (Å²) in [5.74, 6) is 0.847. The van der Waals surface area contributed by atoms with Crippen LogP contribution in [0.15, 0.2) is 100 Å². The molecule has 1 aromatic heterocycles. The predicted octanol–water partition coefficient (Wildman–Crippen LogP) is 5.42. The van der Waals surface area contributed by atoms with Crippen molar-refractivity contribution >= 4 is 17.6 Å². The topological polar surface area (TPSA) is 38.9 Å². The van der Waals surface area contributed by atoms with Gasteiger partial charge in [0.1, 0.15) is 5.75 Å². The number of methoxy groups -OCH3 is 1. The molecule has 3 aromatic carbocycles. The Balaban J connectivity index is 1.82. The van der Waals surface area contributed by atoms with Crippen molar-refractivity contribution in [2.24, 2.45) is 10.1 Å². The number of aromatic nitrogens is 1. The molecule has 0 unspecified atom stereocenters. The average molecular weight is 414 g/mol. The molecule has 0 aliphatic heterocycles. The van der Waals surface area contributed by atoms with Crippen LogP contribution in [0.4, 0.5) is 0 Å². The van der Waals surface area contributed by atoms with Gasteiger partial charge < -0.3 is 4.74 Å². The van der Waals surface area contributed by atoms with Crippen LogP contribution in [0, 0.1) is 0 Å². The predicted molar refractivity (Wildman–Crippen MR) is 124 cm³/mol. The summed E-state index contributed by atoms with van der Waals surface area (Å²) >= 11 is 1.56. The maximum Gasteiger partial charge on any atom is 0.205 e. The first-order valence-corrected chi connectivity index (χ1v) is 10.6. The molecule has 0 spiro atoms. The van der Waals surface area contributed by atoms with E-state index in [1.807, 2.05) is 47.3 Å². The lowest BCUT2D eigenvalue weighted by Gasteiger charge is -2.14. The van der Waals surface area contributed by atoms with Gasteiger partial charge >= 0.3 is 0 Å². The third-order valence-corrected chi connectivity index (χ3v) is 5.82. The number of hydrogen-bond donors (Lipinski definition) is 0. The van der Waals surface area contributed by atoms with Gasteiger partial charge in [-0.1, -0.05) is 72.8 Å². The van der Waals surface area contributed by atoms with Crippen molar-refractivity contribution in [1.29, 1.82) is 0 Å². The van der Waals surface area contributed by atoms with Gasteiger partial charge in [-0.3, -0.25) is 4.99 Å². The zero-order chi connectivity index (χ0) is 20.8. The fourth-order valence-corrected chi connectivity index (χ4v) is 4.22. The van der Waals surface area contributed by atoms with Crippen LogP contribution in [-0.4, -0.2) is 25.0 Å². The monoisotopic (exact) mass is 413 g/mol. The van der Waals surface area contributed by atoms with Crippen LogP contribution in [0.3, 0.4) is 0 Å². The Hall–Kier alpha value is -3.44. The van der Waals surface area contributed by atoms with Gasteiger partial charge in [-0.2, -0.15) is 5.10 Å². The molecule has 4 nitrogen and oxygen atoms in total. The van der Waals surface area contributed by atoms with Gasteiger partial charge in [0.25, 0.3) is 0 Å². The number of ether oxygens (including phenoxy) is 1. The average Bonchev–Trinajstić information content (AvgIpc) is 3.23. The van der Waals surface area contributed by atoms with Crippen LogP contribution >= 0.6 is 11.3 Å². The molecular formula is C25H23N3OS. The fraction of sp³-hybridized carbons (Fsp3) is 0.120. The fourth-order valence-electron chi connectivity index (χ4n) is 3.42. The van der Waals surface area contributed by atoms with Crippen LogP contribution < -0.4 is 9.54 Å². The van der Waals surface area contributed by atoms with Gasteiger partial charge in [-0.25, -0.2) is 4.68 Å². The summed E-state index contributed by atoms with van der Waals surface area (Å²) in [6.45, 7) is 0. The maximum absolute atomic E-state index is 5.57. The molecule has 1 heterocycles. The van der Waals surface area contributed by atoms with Crippen LogP contribution in [0.1, 0.15) is 17.0 Å². The Bertz CT molecular complexity index is 1150. The molecule has 0 fully saturated rings. The maximum atomic E-state index is 5.57. The zero-order valence-corrected chi connectivity index (χ0v) is 17.8. The minimum atomic E-state index is 0.0371. The molecule has 0 bridgehead atoms. The summed E-state index contributed by atoms with van der Waals surface area (Å²) in [5, 5.41) is 6.96. The molecule has 0 aliphatic carbocycles. The largest absolute Gasteiger partial charge is 0.496 e. The number of nitrogens with zero attached hydrogens (tertiary/aromatic N) is 3. The van der Waals surface area contributed by atoms with Crippen LogP contribution in [0.2, 0.25) is 0 Å². The molecule has 0 radical (unpaired) electrons. The van der Waals surface area contributed by atoms with E-state index in [2.05, 4.69) is 58.9 Å². The van der Waals surface area contributed by atoms with Crippen molar-refractivity contribution in [2.45, 2.75) is 5.92 Å². The molecule has 0 atom stereocenters. The van der Waals surface area contributed by atoms with Crippen molar-refractivity contribution in [2.75, 3.05) is 14.2 Å². The Morgan fingerprint density at radius 3 is 2.07 bits per heavy atom. The molecule has 4 rings (SSSR count). The highest BCUT2D eigenvalue weighted by molar-refractivity contribution is 7.07. The first kappa shape index (κ1) is 19.9. The van der Waals surface area contributed by atoms with Gasteiger partial charge in [0.15, 0.2) is 0 Å². The van der Waals surface area contributed by atoms with Crippen molar-refractivity contribution in [1.82, 2.24) is 4.68 Å². The molecule has 30 heavy (non-hydrogen) atoms. The van der Waals surface area contributed by atoms with E-state index < -0.39 is 0 Å². The van der Waals surface area contributed by atoms with Gasteiger partial charge in [0.05, 0.1) is 12.8 Å². The van der Waals surface area contributed by atoms with E-state index in [0.717, 1.165) is 21.8 Å². The molecule has 0 saturated heterocycles. The van der Waals surface area contributed by atoms with E-state index in [4.69, 9.17) is 9.84 Å². The van der Waals surface area contributed by atoms with E-state index in [1.165, 1.54) is 11.1 Å². The molecular weight excluding hydrogens is 390 g/mol. The van der Waals surface area contributed by atoms with Gasteiger partial charge in [0, 0.05) is 30.1 Å². The van der Waals surface area contributed by atoms with Crippen LogP contribution in [-0.2, 0) is 0 Å². The molecule has 0 amide bonds. The number of thiazole rings is 1. The number of benzene rings is 3. The molecule has 5 heteroatoms. The normalized spacial score (nSPS) is 12.0. The molecule has 0 saturated carbocycles. The third-order valence-electron chi connectivity index (χ3n) is 4.91. The molecule has 150 valence electrons. The van der Waals surface area contributed by atoms with Crippen molar-refractivity contribution in [3.8, 4) is 17.0 Å². The highest BCUT2D eigenvalue weighted by Crippen LogP contribution is 2.30. The Labute approximate surface area is 180 Å². The first-order chi connectivity index (χ1) is 14.8. The summed E-state index contributed by atoms with van der Waals surface area (Å²) in [5.41, 5.74) is 4.32. The summed E-state index contributed by atoms with van der Waals surface area (Å²) in [6, 6.07) is 28.8. The minimum absolute atomic E-state index is 0.0371. The number of rotatable bonds is 6. The van der Waals surface area contributed by atoms with Gasteiger partial charge in [-0.05, 0) is 23.3 Å².